The van der Waals surface area contributed by atoms with Crippen LogP contribution in [0, 0.1) is 11.8 Å². The molecule has 0 aromatic carbocycles. The highest BCUT2D eigenvalue weighted by atomic mass is 16.7. The largest absolute Gasteiger partial charge is 0.463 e. The second-order valence-electron chi connectivity index (χ2n) is 5.25. The molecule has 0 amide bonds. The molecule has 0 aliphatic carbocycles. The third-order valence-corrected chi connectivity index (χ3v) is 3.49. The highest BCUT2D eigenvalue weighted by Crippen LogP contribution is 2.33. The summed E-state index contributed by atoms with van der Waals surface area (Å²) in [4.78, 5) is 33.3. The maximum Gasteiger partial charge on any atom is 0.304 e. The van der Waals surface area contributed by atoms with Gasteiger partial charge in [-0.15, -0.1) is 0 Å². The van der Waals surface area contributed by atoms with Crippen LogP contribution in [-0.2, 0) is 33.3 Å². The molecule has 1 rings (SSSR count). The maximum atomic E-state index is 11.2. The Balaban J connectivity index is 2.86. The van der Waals surface area contributed by atoms with Crippen LogP contribution >= 0.6 is 0 Å². The Labute approximate surface area is 123 Å². The molecule has 7 heteroatoms. The van der Waals surface area contributed by atoms with E-state index in [2.05, 4.69) is 0 Å². The molecule has 7 nitrogen and oxygen atoms in total. The summed E-state index contributed by atoms with van der Waals surface area (Å²) in [7, 11) is 0. The normalized spacial score (nSPS) is 32.1. The Morgan fingerprint density at radius 2 is 1.48 bits per heavy atom. The van der Waals surface area contributed by atoms with Crippen molar-refractivity contribution in [1.29, 1.82) is 0 Å². The Morgan fingerprint density at radius 1 is 0.905 bits per heavy atom. The van der Waals surface area contributed by atoms with E-state index in [0.717, 1.165) is 0 Å². The topological polar surface area (TPSA) is 88.1 Å². The van der Waals surface area contributed by atoms with Gasteiger partial charge in [-0.05, 0) is 0 Å². The summed E-state index contributed by atoms with van der Waals surface area (Å²) in [6.07, 6.45) is -2.00. The van der Waals surface area contributed by atoms with Gasteiger partial charge >= 0.3 is 17.9 Å². The predicted molar refractivity (Wildman–Crippen MR) is 70.9 cm³/mol. The van der Waals surface area contributed by atoms with Crippen molar-refractivity contribution in [2.24, 2.45) is 11.8 Å². The van der Waals surface area contributed by atoms with Gasteiger partial charge in [-0.1, -0.05) is 13.8 Å². The number of carbonyl (C=O) groups excluding carboxylic acids is 3. The Kier molecular flexibility index (Phi) is 6.14. The number of esters is 3. The van der Waals surface area contributed by atoms with Crippen molar-refractivity contribution in [3.8, 4) is 0 Å². The zero-order valence-electron chi connectivity index (χ0n) is 13.0. The standard InChI is InChI=1S/C14H22O7/c1-7-8(2)14(20-11(5)17)21-12(6-18-9(3)15)13(7)19-10(4)16/h7-8,12-14H,6H2,1-5H3/t7-,8?,12?,13-,14-/m1/s1. The van der Waals surface area contributed by atoms with Crippen molar-refractivity contribution in [2.75, 3.05) is 6.61 Å². The van der Waals surface area contributed by atoms with Crippen molar-refractivity contribution < 1.29 is 33.3 Å². The Bertz CT molecular complexity index is 406. The fraction of sp³-hybridized carbons (Fsp3) is 0.786. The number of carbonyl (C=O) groups is 3. The van der Waals surface area contributed by atoms with E-state index in [1.807, 2.05) is 13.8 Å². The molecule has 1 aliphatic rings. The van der Waals surface area contributed by atoms with Gasteiger partial charge in [0.1, 0.15) is 18.8 Å². The lowest BCUT2D eigenvalue weighted by molar-refractivity contribution is -0.265. The molecule has 0 spiro atoms. The third kappa shape index (κ3) is 5.00. The molecule has 1 heterocycles. The fourth-order valence-corrected chi connectivity index (χ4v) is 2.27. The van der Waals surface area contributed by atoms with E-state index in [-0.39, 0.29) is 18.4 Å². The van der Waals surface area contributed by atoms with Gasteiger partial charge in [-0.25, -0.2) is 0 Å². The smallest absolute Gasteiger partial charge is 0.304 e. The molecule has 120 valence electrons. The molecule has 0 aromatic heterocycles. The van der Waals surface area contributed by atoms with Gasteiger partial charge in [-0.2, -0.15) is 0 Å². The van der Waals surface area contributed by atoms with Crippen molar-refractivity contribution in [1.82, 2.24) is 0 Å². The van der Waals surface area contributed by atoms with Crippen LogP contribution in [0.15, 0.2) is 0 Å². The summed E-state index contributed by atoms with van der Waals surface area (Å²) in [6, 6.07) is 0. The van der Waals surface area contributed by atoms with Crippen LogP contribution < -0.4 is 0 Å². The molecular formula is C14H22O7. The molecule has 2 unspecified atom stereocenters. The molecule has 0 bridgehead atoms. The lowest BCUT2D eigenvalue weighted by Gasteiger charge is -2.42. The van der Waals surface area contributed by atoms with Crippen molar-refractivity contribution in [3.63, 3.8) is 0 Å². The third-order valence-electron chi connectivity index (χ3n) is 3.49. The SMILES string of the molecule is CC(=O)OCC1O[C@@H](OC(C)=O)C(C)[C@@H](C)[C@H]1OC(C)=O. The van der Waals surface area contributed by atoms with Gasteiger partial charge in [0.15, 0.2) is 0 Å². The molecule has 1 fully saturated rings. The number of ether oxygens (including phenoxy) is 4. The minimum absolute atomic E-state index is 0.0674. The molecule has 5 atom stereocenters. The van der Waals surface area contributed by atoms with Crippen molar-refractivity contribution in [3.05, 3.63) is 0 Å². The minimum Gasteiger partial charge on any atom is -0.463 e. The summed E-state index contributed by atoms with van der Waals surface area (Å²) in [5, 5.41) is 0. The number of hydrogen-bond acceptors (Lipinski definition) is 7. The van der Waals surface area contributed by atoms with Gasteiger partial charge in [-0.3, -0.25) is 14.4 Å². The summed E-state index contributed by atoms with van der Waals surface area (Å²) < 4.78 is 21.0. The van der Waals surface area contributed by atoms with Crippen LogP contribution in [0.25, 0.3) is 0 Å². The molecule has 21 heavy (non-hydrogen) atoms. The predicted octanol–water partition coefficient (Wildman–Crippen LogP) is 1.04. The summed E-state index contributed by atoms with van der Waals surface area (Å²) in [6.45, 7) is 7.52. The summed E-state index contributed by atoms with van der Waals surface area (Å²) in [5.41, 5.74) is 0. The lowest BCUT2D eigenvalue weighted by Crippen LogP contribution is -2.53. The van der Waals surface area contributed by atoms with Crippen LogP contribution in [0.2, 0.25) is 0 Å². The number of rotatable bonds is 4. The first-order valence-electron chi connectivity index (χ1n) is 6.85. The lowest BCUT2D eigenvalue weighted by atomic mass is 9.84. The van der Waals surface area contributed by atoms with Gasteiger partial charge in [0, 0.05) is 32.6 Å². The Hall–Kier alpha value is -1.63. The second kappa shape index (κ2) is 7.40. The zero-order valence-corrected chi connectivity index (χ0v) is 13.0. The van der Waals surface area contributed by atoms with Gasteiger partial charge in [0.25, 0.3) is 0 Å². The average molecular weight is 302 g/mol. The Morgan fingerprint density at radius 3 is 1.95 bits per heavy atom. The van der Waals surface area contributed by atoms with Crippen LogP contribution in [0.1, 0.15) is 34.6 Å². The van der Waals surface area contributed by atoms with E-state index in [0.29, 0.717) is 0 Å². The fourth-order valence-electron chi connectivity index (χ4n) is 2.27. The highest BCUT2D eigenvalue weighted by Gasteiger charge is 2.45. The second-order valence-corrected chi connectivity index (χ2v) is 5.25. The van der Waals surface area contributed by atoms with Crippen LogP contribution in [0.5, 0.6) is 0 Å². The molecule has 0 saturated carbocycles. The van der Waals surface area contributed by atoms with Gasteiger partial charge in [0.05, 0.1) is 0 Å². The first-order chi connectivity index (χ1) is 9.72. The van der Waals surface area contributed by atoms with E-state index in [1.165, 1.54) is 20.8 Å². The molecule has 0 radical (unpaired) electrons. The maximum absolute atomic E-state index is 11.2. The van der Waals surface area contributed by atoms with Crippen LogP contribution in [0.3, 0.4) is 0 Å². The number of hydrogen-bond donors (Lipinski definition) is 0. The molecular weight excluding hydrogens is 280 g/mol. The van der Waals surface area contributed by atoms with E-state index < -0.39 is 36.4 Å². The molecule has 0 N–H and O–H groups in total. The quantitative estimate of drug-likeness (QED) is 0.566. The van der Waals surface area contributed by atoms with E-state index in [9.17, 15) is 14.4 Å². The molecule has 0 aromatic rings. The van der Waals surface area contributed by atoms with Crippen molar-refractivity contribution >= 4 is 17.9 Å². The zero-order chi connectivity index (χ0) is 16.2. The highest BCUT2D eigenvalue weighted by molar-refractivity contribution is 5.67. The van der Waals surface area contributed by atoms with Gasteiger partial charge < -0.3 is 18.9 Å². The average Bonchev–Trinajstić information content (AvgIpc) is 2.35. The molecule has 1 saturated heterocycles. The monoisotopic (exact) mass is 302 g/mol. The van der Waals surface area contributed by atoms with E-state index >= 15 is 0 Å². The summed E-state index contributed by atoms with van der Waals surface area (Å²) in [5.74, 6) is -1.65. The first-order valence-corrected chi connectivity index (χ1v) is 6.85. The first kappa shape index (κ1) is 17.4. The molecule has 1 aliphatic heterocycles. The van der Waals surface area contributed by atoms with Crippen LogP contribution in [0.4, 0.5) is 0 Å². The van der Waals surface area contributed by atoms with Crippen LogP contribution in [-0.4, -0.2) is 43.0 Å². The van der Waals surface area contributed by atoms with Gasteiger partial charge in [0.2, 0.25) is 6.29 Å². The van der Waals surface area contributed by atoms with E-state index in [4.69, 9.17) is 18.9 Å². The summed E-state index contributed by atoms with van der Waals surface area (Å²) >= 11 is 0. The minimum atomic E-state index is -0.759. The van der Waals surface area contributed by atoms with Crippen molar-refractivity contribution in [2.45, 2.75) is 53.1 Å². The van der Waals surface area contributed by atoms with E-state index in [1.54, 1.807) is 0 Å².